The Morgan fingerprint density at radius 1 is 1.39 bits per heavy atom. The number of aryl methyl sites for hydroxylation is 1. The summed E-state index contributed by atoms with van der Waals surface area (Å²) < 4.78 is 0. The van der Waals surface area contributed by atoms with Gasteiger partial charge in [-0.1, -0.05) is 29.8 Å². The van der Waals surface area contributed by atoms with Gasteiger partial charge in [-0.25, -0.2) is 0 Å². The molecule has 1 aliphatic heterocycles. The molecular weight excluding hydrogens is 224 g/mol. The van der Waals surface area contributed by atoms with Gasteiger partial charge in [0.15, 0.2) is 0 Å². The number of carbonyl (C=O) groups excluding carboxylic acids is 1. The third-order valence-corrected chi connectivity index (χ3v) is 3.60. The highest BCUT2D eigenvalue weighted by Crippen LogP contribution is 2.16. The molecule has 1 saturated heterocycles. The van der Waals surface area contributed by atoms with Crippen LogP contribution in [0.25, 0.3) is 0 Å². The Morgan fingerprint density at radius 2 is 2.11 bits per heavy atom. The number of piperidine rings is 1. The lowest BCUT2D eigenvalue weighted by Crippen LogP contribution is -2.41. The quantitative estimate of drug-likeness (QED) is 0.858. The first-order valence-corrected chi connectivity index (χ1v) is 6.74. The second-order valence-electron chi connectivity index (χ2n) is 5.18. The molecule has 2 rings (SSSR count). The lowest BCUT2D eigenvalue weighted by atomic mass is 9.98. The van der Waals surface area contributed by atoms with Gasteiger partial charge in [0.05, 0.1) is 12.0 Å². The van der Waals surface area contributed by atoms with Crippen molar-refractivity contribution in [3.05, 3.63) is 35.4 Å². The Hall–Kier alpha value is -1.35. The molecule has 1 aromatic rings. The van der Waals surface area contributed by atoms with E-state index in [1.807, 2.05) is 6.92 Å². The number of amides is 1. The molecule has 1 heterocycles. The van der Waals surface area contributed by atoms with Crippen LogP contribution in [0.1, 0.15) is 36.9 Å². The van der Waals surface area contributed by atoms with E-state index in [1.165, 1.54) is 5.56 Å². The van der Waals surface area contributed by atoms with Crippen LogP contribution in [0, 0.1) is 12.8 Å². The molecule has 0 aromatic heterocycles. The van der Waals surface area contributed by atoms with Crippen molar-refractivity contribution in [1.82, 2.24) is 10.6 Å². The molecule has 2 N–H and O–H groups in total. The van der Waals surface area contributed by atoms with Crippen molar-refractivity contribution in [2.45, 2.75) is 32.7 Å². The molecule has 1 amide bonds. The molecule has 0 spiro atoms. The van der Waals surface area contributed by atoms with Crippen LogP contribution in [0.5, 0.6) is 0 Å². The number of hydrogen-bond acceptors (Lipinski definition) is 2. The van der Waals surface area contributed by atoms with E-state index in [9.17, 15) is 4.79 Å². The van der Waals surface area contributed by atoms with Gasteiger partial charge in [-0.2, -0.15) is 0 Å². The van der Waals surface area contributed by atoms with Gasteiger partial charge >= 0.3 is 0 Å². The smallest absolute Gasteiger partial charge is 0.224 e. The van der Waals surface area contributed by atoms with Crippen molar-refractivity contribution in [3.63, 3.8) is 0 Å². The van der Waals surface area contributed by atoms with Crippen LogP contribution in [0.4, 0.5) is 0 Å². The van der Waals surface area contributed by atoms with Crippen molar-refractivity contribution in [3.8, 4) is 0 Å². The zero-order valence-corrected chi connectivity index (χ0v) is 11.2. The zero-order valence-electron chi connectivity index (χ0n) is 11.2. The van der Waals surface area contributed by atoms with Gasteiger partial charge in [0.25, 0.3) is 0 Å². The highest BCUT2D eigenvalue weighted by Gasteiger charge is 2.22. The van der Waals surface area contributed by atoms with Crippen molar-refractivity contribution in [2.24, 2.45) is 5.92 Å². The fraction of sp³-hybridized carbons (Fsp3) is 0.533. The third-order valence-electron chi connectivity index (χ3n) is 3.60. The Bertz CT molecular complexity index is 393. The summed E-state index contributed by atoms with van der Waals surface area (Å²) in [6.07, 6.45) is 2.09. The monoisotopic (exact) mass is 246 g/mol. The predicted octanol–water partition coefficient (Wildman–Crippen LogP) is 2.17. The predicted molar refractivity (Wildman–Crippen MR) is 73.3 cm³/mol. The van der Waals surface area contributed by atoms with E-state index in [1.54, 1.807) is 0 Å². The van der Waals surface area contributed by atoms with Crippen molar-refractivity contribution in [2.75, 3.05) is 13.1 Å². The maximum Gasteiger partial charge on any atom is 0.224 e. The molecule has 2 atom stereocenters. The summed E-state index contributed by atoms with van der Waals surface area (Å²) in [4.78, 5) is 12.1. The van der Waals surface area contributed by atoms with Crippen LogP contribution < -0.4 is 10.6 Å². The van der Waals surface area contributed by atoms with Gasteiger partial charge in [-0.05, 0) is 38.8 Å². The number of carbonyl (C=O) groups is 1. The van der Waals surface area contributed by atoms with E-state index in [2.05, 4.69) is 41.8 Å². The van der Waals surface area contributed by atoms with Crippen LogP contribution in [-0.4, -0.2) is 19.0 Å². The van der Waals surface area contributed by atoms with Crippen molar-refractivity contribution in [1.29, 1.82) is 0 Å². The Kier molecular flexibility index (Phi) is 4.37. The van der Waals surface area contributed by atoms with E-state index in [-0.39, 0.29) is 17.9 Å². The summed E-state index contributed by atoms with van der Waals surface area (Å²) in [6.45, 7) is 5.96. The molecule has 1 aromatic carbocycles. The highest BCUT2D eigenvalue weighted by atomic mass is 16.1. The van der Waals surface area contributed by atoms with Crippen LogP contribution in [0.2, 0.25) is 0 Å². The molecule has 0 bridgehead atoms. The molecule has 1 aliphatic rings. The van der Waals surface area contributed by atoms with Gasteiger partial charge in [0.2, 0.25) is 5.91 Å². The van der Waals surface area contributed by atoms with Crippen LogP contribution in [-0.2, 0) is 4.79 Å². The summed E-state index contributed by atoms with van der Waals surface area (Å²) in [6, 6.07) is 8.42. The normalized spacial score (nSPS) is 21.3. The summed E-state index contributed by atoms with van der Waals surface area (Å²) in [5, 5.41) is 6.38. The molecular formula is C15H22N2O. The topological polar surface area (TPSA) is 41.1 Å². The molecule has 0 aliphatic carbocycles. The molecule has 0 saturated carbocycles. The highest BCUT2D eigenvalue weighted by molar-refractivity contribution is 5.79. The fourth-order valence-corrected chi connectivity index (χ4v) is 2.35. The Balaban J connectivity index is 1.91. The average Bonchev–Trinajstić information content (AvgIpc) is 2.40. The zero-order chi connectivity index (χ0) is 13.0. The molecule has 0 radical (unpaired) electrons. The minimum atomic E-state index is 0.0834. The molecule has 3 heteroatoms. The summed E-state index contributed by atoms with van der Waals surface area (Å²) in [5.41, 5.74) is 2.41. The Labute approximate surface area is 109 Å². The first kappa shape index (κ1) is 13.1. The molecule has 3 nitrogen and oxygen atoms in total. The van der Waals surface area contributed by atoms with Crippen LogP contribution in [0.3, 0.4) is 0 Å². The SMILES string of the molecule is Cc1ccc([C@@H](C)NC(=O)[C@@H]2CCCNC2)cc1. The van der Waals surface area contributed by atoms with E-state index < -0.39 is 0 Å². The average molecular weight is 246 g/mol. The van der Waals surface area contributed by atoms with E-state index in [4.69, 9.17) is 0 Å². The number of nitrogens with one attached hydrogen (secondary N) is 2. The lowest BCUT2D eigenvalue weighted by Gasteiger charge is -2.24. The molecule has 18 heavy (non-hydrogen) atoms. The number of rotatable bonds is 3. The third kappa shape index (κ3) is 3.33. The first-order valence-electron chi connectivity index (χ1n) is 6.74. The van der Waals surface area contributed by atoms with Crippen molar-refractivity contribution >= 4 is 5.91 Å². The van der Waals surface area contributed by atoms with E-state index in [0.29, 0.717) is 0 Å². The van der Waals surface area contributed by atoms with Crippen LogP contribution >= 0.6 is 0 Å². The second kappa shape index (κ2) is 6.01. The largest absolute Gasteiger partial charge is 0.349 e. The lowest BCUT2D eigenvalue weighted by molar-refractivity contribution is -0.126. The van der Waals surface area contributed by atoms with Gasteiger partial charge in [-0.15, -0.1) is 0 Å². The van der Waals surface area contributed by atoms with E-state index in [0.717, 1.165) is 31.5 Å². The molecule has 1 fully saturated rings. The molecule has 0 unspecified atom stereocenters. The maximum absolute atomic E-state index is 12.1. The minimum Gasteiger partial charge on any atom is -0.349 e. The van der Waals surface area contributed by atoms with Gasteiger partial charge in [0, 0.05) is 6.54 Å². The standard InChI is InChI=1S/C15H22N2O/c1-11-5-7-13(8-6-11)12(2)17-15(18)14-4-3-9-16-10-14/h5-8,12,14,16H,3-4,9-10H2,1-2H3,(H,17,18)/t12-,14-/m1/s1. The maximum atomic E-state index is 12.1. The second-order valence-corrected chi connectivity index (χ2v) is 5.18. The number of hydrogen-bond donors (Lipinski definition) is 2. The van der Waals surface area contributed by atoms with Crippen LogP contribution in [0.15, 0.2) is 24.3 Å². The summed E-state index contributed by atoms with van der Waals surface area (Å²) in [5.74, 6) is 0.307. The van der Waals surface area contributed by atoms with Crippen molar-refractivity contribution < 1.29 is 4.79 Å². The van der Waals surface area contributed by atoms with Gasteiger partial charge < -0.3 is 10.6 Å². The first-order chi connectivity index (χ1) is 8.66. The summed E-state index contributed by atoms with van der Waals surface area (Å²) >= 11 is 0. The van der Waals surface area contributed by atoms with Gasteiger partial charge in [0.1, 0.15) is 0 Å². The summed E-state index contributed by atoms with van der Waals surface area (Å²) in [7, 11) is 0. The fourth-order valence-electron chi connectivity index (χ4n) is 2.35. The van der Waals surface area contributed by atoms with Gasteiger partial charge in [-0.3, -0.25) is 4.79 Å². The minimum absolute atomic E-state index is 0.0834. The molecule has 98 valence electrons. The number of benzene rings is 1. The Morgan fingerprint density at radius 3 is 2.72 bits per heavy atom. The van der Waals surface area contributed by atoms with E-state index >= 15 is 0 Å².